The molecule has 0 spiro atoms. The van der Waals surface area contributed by atoms with Gasteiger partial charge in [-0.2, -0.15) is 5.10 Å². The van der Waals surface area contributed by atoms with Crippen molar-refractivity contribution < 1.29 is 4.79 Å². The summed E-state index contributed by atoms with van der Waals surface area (Å²) in [7, 11) is 0. The van der Waals surface area contributed by atoms with Crippen molar-refractivity contribution >= 4 is 5.91 Å². The number of amides is 1. The van der Waals surface area contributed by atoms with Crippen LogP contribution in [0, 0.1) is 33.6 Å². The lowest BCUT2D eigenvalue weighted by Crippen LogP contribution is -2.40. The molecule has 25 heavy (non-hydrogen) atoms. The fourth-order valence-electron chi connectivity index (χ4n) is 3.43. The van der Waals surface area contributed by atoms with Gasteiger partial charge in [-0.1, -0.05) is 0 Å². The van der Waals surface area contributed by atoms with Gasteiger partial charge in [-0.25, -0.2) is 4.98 Å². The van der Waals surface area contributed by atoms with Gasteiger partial charge in [0.15, 0.2) is 0 Å². The van der Waals surface area contributed by atoms with Crippen LogP contribution in [0.5, 0.6) is 0 Å². The first-order valence-electron chi connectivity index (χ1n) is 8.72. The second-order valence-corrected chi connectivity index (χ2v) is 6.96. The maximum Gasteiger partial charge on any atom is 0.257 e. The highest BCUT2D eigenvalue weighted by Gasteiger charge is 2.27. The minimum Gasteiger partial charge on any atom is -0.339 e. The molecule has 1 amide bonds. The van der Waals surface area contributed by atoms with Gasteiger partial charge in [-0.3, -0.25) is 19.3 Å². The van der Waals surface area contributed by atoms with E-state index in [0.29, 0.717) is 36.7 Å². The molecule has 2 aromatic heterocycles. The Labute approximate surface area is 147 Å². The molecule has 1 saturated heterocycles. The van der Waals surface area contributed by atoms with Gasteiger partial charge in [0.25, 0.3) is 11.5 Å². The molecule has 0 atom stereocenters. The van der Waals surface area contributed by atoms with E-state index in [-0.39, 0.29) is 11.5 Å². The first-order chi connectivity index (χ1) is 11.9. The lowest BCUT2D eigenvalue weighted by atomic mass is 9.96. The number of rotatable bonds is 3. The fraction of sp³-hybridized carbons (Fsp3) is 0.556. The highest BCUT2D eigenvalue weighted by Crippen LogP contribution is 2.22. The Morgan fingerprint density at radius 1 is 1.20 bits per heavy atom. The van der Waals surface area contributed by atoms with Crippen molar-refractivity contribution in [2.24, 2.45) is 5.92 Å². The van der Waals surface area contributed by atoms with Crippen molar-refractivity contribution in [1.82, 2.24) is 24.6 Å². The van der Waals surface area contributed by atoms with E-state index >= 15 is 0 Å². The summed E-state index contributed by atoms with van der Waals surface area (Å²) in [5.41, 5.74) is 3.78. The van der Waals surface area contributed by atoms with Crippen molar-refractivity contribution in [3.05, 3.63) is 44.9 Å². The van der Waals surface area contributed by atoms with E-state index in [1.807, 2.05) is 32.6 Å². The zero-order valence-electron chi connectivity index (χ0n) is 15.3. The maximum atomic E-state index is 12.7. The summed E-state index contributed by atoms with van der Waals surface area (Å²) >= 11 is 0. The van der Waals surface area contributed by atoms with Crippen LogP contribution in [0.4, 0.5) is 0 Å². The number of aromatic nitrogens is 4. The number of nitrogens with zero attached hydrogens (tertiary/aromatic N) is 4. The molecule has 3 rings (SSSR count). The zero-order valence-corrected chi connectivity index (χ0v) is 15.3. The number of H-pyrrole nitrogens is 1. The van der Waals surface area contributed by atoms with Crippen LogP contribution in [0.2, 0.25) is 0 Å². The van der Waals surface area contributed by atoms with Gasteiger partial charge in [-0.15, -0.1) is 0 Å². The number of hydrogen-bond donors (Lipinski definition) is 1. The third-order valence-electron chi connectivity index (χ3n) is 5.21. The topological polar surface area (TPSA) is 83.9 Å². The number of nitrogens with one attached hydrogen (secondary N) is 1. The zero-order chi connectivity index (χ0) is 18.1. The van der Waals surface area contributed by atoms with Crippen LogP contribution in [0.3, 0.4) is 0 Å². The molecule has 1 N–H and O–H groups in total. The molecule has 134 valence electrons. The summed E-state index contributed by atoms with van der Waals surface area (Å²) in [6.45, 7) is 9.48. The summed E-state index contributed by atoms with van der Waals surface area (Å²) in [5, 5.41) is 6.98. The van der Waals surface area contributed by atoms with Crippen molar-refractivity contribution in [1.29, 1.82) is 0 Å². The number of carbonyl (C=O) groups excluding carboxylic acids is 1. The number of aromatic amines is 1. The lowest BCUT2D eigenvalue weighted by Gasteiger charge is -2.32. The molecule has 2 aromatic rings. The third-order valence-corrected chi connectivity index (χ3v) is 5.21. The Morgan fingerprint density at radius 3 is 2.48 bits per heavy atom. The normalized spacial score (nSPS) is 15.6. The van der Waals surface area contributed by atoms with E-state index in [1.165, 1.54) is 0 Å². The van der Waals surface area contributed by atoms with Gasteiger partial charge < -0.3 is 4.90 Å². The Kier molecular flexibility index (Phi) is 4.74. The van der Waals surface area contributed by atoms with E-state index in [9.17, 15) is 9.59 Å². The minimum absolute atomic E-state index is 0.0376. The molecule has 1 aliphatic heterocycles. The Hall–Kier alpha value is -2.44. The molecule has 0 aromatic carbocycles. The molecule has 1 aliphatic rings. The van der Waals surface area contributed by atoms with Crippen LogP contribution in [0.15, 0.2) is 11.1 Å². The summed E-state index contributed by atoms with van der Waals surface area (Å²) in [5.74, 6) is 0.435. The first-order valence-corrected chi connectivity index (χ1v) is 8.72. The number of piperidine rings is 1. The smallest absolute Gasteiger partial charge is 0.257 e. The third kappa shape index (κ3) is 3.36. The lowest BCUT2D eigenvalue weighted by molar-refractivity contribution is 0.0681. The van der Waals surface area contributed by atoms with E-state index in [4.69, 9.17) is 0 Å². The minimum atomic E-state index is 0.0376. The standard InChI is InChI=1S/C18H25N5O2/c1-11-12(2)19-10-23(17(11)24)9-15-5-7-22(8-6-15)18(25)16-13(3)20-21-14(16)4/h10,15H,5-9H2,1-4H3,(H,20,21). The van der Waals surface area contributed by atoms with Crippen LogP contribution in [0.25, 0.3) is 0 Å². The van der Waals surface area contributed by atoms with Crippen molar-refractivity contribution in [3.63, 3.8) is 0 Å². The SMILES string of the molecule is Cc1n[nH]c(C)c1C(=O)N1CCC(Cn2cnc(C)c(C)c2=O)CC1. The molecule has 0 unspecified atom stereocenters. The van der Waals surface area contributed by atoms with Gasteiger partial charge >= 0.3 is 0 Å². The van der Waals surface area contributed by atoms with Crippen LogP contribution in [-0.2, 0) is 6.54 Å². The Balaban J connectivity index is 1.64. The van der Waals surface area contributed by atoms with Gasteiger partial charge in [0.05, 0.1) is 17.6 Å². The highest BCUT2D eigenvalue weighted by molar-refractivity contribution is 5.96. The number of likely N-dealkylation sites (tertiary alicyclic amines) is 1. The van der Waals surface area contributed by atoms with Crippen LogP contribution in [0.1, 0.15) is 45.8 Å². The molecule has 3 heterocycles. The van der Waals surface area contributed by atoms with Gasteiger partial charge in [-0.05, 0) is 46.5 Å². The summed E-state index contributed by atoms with van der Waals surface area (Å²) in [6.07, 6.45) is 3.42. The van der Waals surface area contributed by atoms with Crippen molar-refractivity contribution in [2.45, 2.75) is 47.1 Å². The molecule has 0 radical (unpaired) electrons. The van der Waals surface area contributed by atoms with Crippen molar-refractivity contribution in [2.75, 3.05) is 13.1 Å². The van der Waals surface area contributed by atoms with Gasteiger partial charge in [0, 0.05) is 36.6 Å². The summed E-state index contributed by atoms with van der Waals surface area (Å²) in [6, 6.07) is 0. The molecular formula is C18H25N5O2. The van der Waals surface area contributed by atoms with E-state index < -0.39 is 0 Å². The van der Waals surface area contributed by atoms with E-state index in [2.05, 4.69) is 15.2 Å². The van der Waals surface area contributed by atoms with Gasteiger partial charge in [0.2, 0.25) is 0 Å². The molecular weight excluding hydrogens is 318 g/mol. The van der Waals surface area contributed by atoms with Crippen LogP contribution in [-0.4, -0.2) is 43.6 Å². The average molecular weight is 343 g/mol. The first kappa shape index (κ1) is 17.4. The predicted molar refractivity (Wildman–Crippen MR) is 94.7 cm³/mol. The Bertz CT molecular complexity index is 824. The number of aryl methyl sites for hydroxylation is 3. The highest BCUT2D eigenvalue weighted by atomic mass is 16.2. The second kappa shape index (κ2) is 6.82. The summed E-state index contributed by atoms with van der Waals surface area (Å²) < 4.78 is 1.70. The van der Waals surface area contributed by atoms with Crippen molar-refractivity contribution in [3.8, 4) is 0 Å². The molecule has 0 saturated carbocycles. The van der Waals surface area contributed by atoms with E-state index in [1.54, 1.807) is 10.9 Å². The predicted octanol–water partition coefficient (Wildman–Crippen LogP) is 1.75. The van der Waals surface area contributed by atoms with Gasteiger partial charge in [0.1, 0.15) is 0 Å². The van der Waals surface area contributed by atoms with Crippen LogP contribution < -0.4 is 5.56 Å². The molecule has 1 fully saturated rings. The largest absolute Gasteiger partial charge is 0.339 e. The van der Waals surface area contributed by atoms with E-state index in [0.717, 1.165) is 29.9 Å². The monoisotopic (exact) mass is 343 g/mol. The molecule has 7 heteroatoms. The Morgan fingerprint density at radius 2 is 1.88 bits per heavy atom. The second-order valence-electron chi connectivity index (χ2n) is 6.96. The number of hydrogen-bond acceptors (Lipinski definition) is 4. The average Bonchev–Trinajstić information content (AvgIpc) is 2.94. The molecule has 0 aliphatic carbocycles. The quantitative estimate of drug-likeness (QED) is 0.920. The maximum absolute atomic E-state index is 12.7. The fourth-order valence-corrected chi connectivity index (χ4v) is 3.43. The molecule has 7 nitrogen and oxygen atoms in total. The number of carbonyl (C=O) groups is 1. The molecule has 0 bridgehead atoms. The van der Waals surface area contributed by atoms with Crippen LogP contribution >= 0.6 is 0 Å². The summed E-state index contributed by atoms with van der Waals surface area (Å²) in [4.78, 5) is 31.2.